The molecular formula is C28H17F13O4. The van der Waals surface area contributed by atoms with Crippen molar-refractivity contribution in [2.45, 2.75) is 35.8 Å². The molecule has 0 aliphatic carbocycles. The lowest BCUT2D eigenvalue weighted by atomic mass is 9.80. The number of hydrogen-bond acceptors (Lipinski definition) is 4. The molecule has 0 unspecified atom stereocenters. The van der Waals surface area contributed by atoms with E-state index < -0.39 is 75.5 Å². The van der Waals surface area contributed by atoms with Crippen molar-refractivity contribution in [1.29, 1.82) is 0 Å². The van der Waals surface area contributed by atoms with Crippen LogP contribution in [0.5, 0.6) is 0 Å². The van der Waals surface area contributed by atoms with Gasteiger partial charge in [0.05, 0.1) is 25.3 Å². The molecule has 0 atom stereocenters. The van der Waals surface area contributed by atoms with Gasteiger partial charge in [0.25, 0.3) is 0 Å². The summed E-state index contributed by atoms with van der Waals surface area (Å²) in [6.45, 7) is 0. The predicted molar refractivity (Wildman–Crippen MR) is 130 cm³/mol. The zero-order valence-corrected chi connectivity index (χ0v) is 22.4. The summed E-state index contributed by atoms with van der Waals surface area (Å²) in [6.07, 6.45) is -7.61. The summed E-state index contributed by atoms with van der Waals surface area (Å²) in [4.78, 5) is 25.8. The van der Waals surface area contributed by atoms with Crippen LogP contribution in [0.25, 0.3) is 22.3 Å². The van der Waals surface area contributed by atoms with Crippen LogP contribution in [0.1, 0.15) is 26.3 Å². The molecule has 17 heteroatoms. The van der Waals surface area contributed by atoms with Crippen molar-refractivity contribution in [3.63, 3.8) is 0 Å². The molecule has 0 saturated heterocycles. The molecule has 3 rings (SSSR count). The molecule has 4 nitrogen and oxygen atoms in total. The summed E-state index contributed by atoms with van der Waals surface area (Å²) in [5.41, 5.74) is -7.47. The summed E-state index contributed by atoms with van der Waals surface area (Å²) < 4.78 is 192. The average molecular weight is 664 g/mol. The first-order valence-corrected chi connectivity index (χ1v) is 12.0. The minimum atomic E-state index is -8.19. The summed E-state index contributed by atoms with van der Waals surface area (Å²) >= 11 is 0. The molecule has 0 N–H and O–H groups in total. The lowest BCUT2D eigenvalue weighted by Crippen LogP contribution is -2.69. The van der Waals surface area contributed by atoms with Crippen molar-refractivity contribution in [2.75, 3.05) is 14.2 Å². The maximum atomic E-state index is 15.7. The Morgan fingerprint density at radius 1 is 0.533 bits per heavy atom. The molecular weight excluding hydrogens is 647 g/mol. The molecule has 0 spiro atoms. The topological polar surface area (TPSA) is 52.6 Å². The predicted octanol–water partition coefficient (Wildman–Crippen LogP) is 8.79. The molecule has 0 aromatic heterocycles. The Labute approximate surface area is 244 Å². The van der Waals surface area contributed by atoms with Gasteiger partial charge in [0.15, 0.2) is 0 Å². The summed E-state index contributed by atoms with van der Waals surface area (Å²) in [5.74, 6) is -42.7. The van der Waals surface area contributed by atoms with Gasteiger partial charge < -0.3 is 9.47 Å². The van der Waals surface area contributed by atoms with Gasteiger partial charge >= 0.3 is 47.7 Å². The van der Waals surface area contributed by atoms with Gasteiger partial charge in [0, 0.05) is 16.7 Å². The second kappa shape index (κ2) is 11.6. The molecule has 45 heavy (non-hydrogen) atoms. The Hall–Kier alpha value is -4.31. The van der Waals surface area contributed by atoms with Crippen LogP contribution in [0.15, 0.2) is 66.7 Å². The van der Waals surface area contributed by atoms with Crippen molar-refractivity contribution in [3.05, 3.63) is 83.4 Å². The minimum Gasteiger partial charge on any atom is -0.465 e. The van der Waals surface area contributed by atoms with E-state index in [1.54, 1.807) is 0 Å². The molecule has 3 aromatic carbocycles. The fourth-order valence-corrected chi connectivity index (χ4v) is 4.25. The number of benzene rings is 3. The van der Waals surface area contributed by atoms with Crippen LogP contribution in [0.2, 0.25) is 0 Å². The fraction of sp³-hybridized carbons (Fsp3) is 0.286. The van der Waals surface area contributed by atoms with Crippen molar-refractivity contribution < 1.29 is 76.1 Å². The first-order valence-electron chi connectivity index (χ1n) is 12.0. The van der Waals surface area contributed by atoms with Crippen LogP contribution in [0.4, 0.5) is 57.1 Å². The number of rotatable bonds is 9. The van der Waals surface area contributed by atoms with E-state index >= 15 is 17.6 Å². The Morgan fingerprint density at radius 2 is 0.933 bits per heavy atom. The van der Waals surface area contributed by atoms with Gasteiger partial charge in [-0.2, -0.15) is 57.1 Å². The lowest BCUT2D eigenvalue weighted by molar-refractivity contribution is -0.441. The SMILES string of the molecule is COC(=O)c1cc(C(F)(F)C(F)(F)C(F)(F)C(F)(F)C(F)(F)C(F)(F)F)c(C(=O)OC)c(-c2ccccc2)c1-c1ccccc1. The van der Waals surface area contributed by atoms with Crippen LogP contribution in [0.3, 0.4) is 0 Å². The highest BCUT2D eigenvalue weighted by molar-refractivity contribution is 6.10. The highest BCUT2D eigenvalue weighted by Gasteiger charge is 2.91. The fourth-order valence-electron chi connectivity index (χ4n) is 4.25. The number of hydrogen-bond donors (Lipinski definition) is 0. The van der Waals surface area contributed by atoms with Crippen LogP contribution < -0.4 is 0 Å². The molecule has 0 saturated carbocycles. The largest absolute Gasteiger partial charge is 0.465 e. The minimum absolute atomic E-state index is 0.106. The quantitative estimate of drug-likeness (QED) is 0.170. The highest BCUT2D eigenvalue weighted by atomic mass is 19.4. The van der Waals surface area contributed by atoms with Crippen molar-refractivity contribution in [1.82, 2.24) is 0 Å². The van der Waals surface area contributed by atoms with E-state index in [4.69, 9.17) is 0 Å². The van der Waals surface area contributed by atoms with E-state index in [2.05, 4.69) is 9.47 Å². The standard InChI is InChI=1S/C28H17F13O4/c1-44-21(42)16-13-17(23(29,30)24(31,32)25(33,34)26(35,36)27(37,38)28(39,40)41)20(22(43)45-2)19(15-11-7-4-8-12-15)18(16)14-9-5-3-6-10-14/h3-13H,1-2H3. The van der Waals surface area contributed by atoms with Crippen LogP contribution in [-0.2, 0) is 15.4 Å². The Kier molecular flexibility index (Phi) is 9.04. The number of carbonyl (C=O) groups excluding carboxylic acids is 2. The van der Waals surface area contributed by atoms with E-state index in [0.29, 0.717) is 14.2 Å². The number of halogens is 13. The molecule has 3 aromatic rings. The van der Waals surface area contributed by atoms with E-state index in [1.165, 1.54) is 48.5 Å². The lowest BCUT2D eigenvalue weighted by Gasteiger charge is -2.40. The first-order chi connectivity index (χ1) is 20.5. The second-order valence-corrected chi connectivity index (χ2v) is 9.18. The number of esters is 2. The summed E-state index contributed by atoms with van der Waals surface area (Å²) in [5, 5.41) is 0. The molecule has 0 fully saturated rings. The van der Waals surface area contributed by atoms with E-state index in [1.807, 2.05) is 0 Å². The van der Waals surface area contributed by atoms with Gasteiger partial charge in [0.1, 0.15) is 0 Å². The van der Waals surface area contributed by atoms with E-state index in [0.717, 1.165) is 12.1 Å². The molecule has 0 radical (unpaired) electrons. The third kappa shape index (κ3) is 5.35. The average Bonchev–Trinajstić information content (AvgIpc) is 2.98. The van der Waals surface area contributed by atoms with Crippen LogP contribution >= 0.6 is 0 Å². The van der Waals surface area contributed by atoms with Crippen LogP contribution in [0, 0.1) is 0 Å². The summed E-state index contributed by atoms with van der Waals surface area (Å²) in [7, 11) is 1.16. The maximum absolute atomic E-state index is 15.7. The zero-order chi connectivity index (χ0) is 34.4. The molecule has 0 heterocycles. The first kappa shape index (κ1) is 35.2. The van der Waals surface area contributed by atoms with Crippen molar-refractivity contribution in [3.8, 4) is 22.3 Å². The van der Waals surface area contributed by atoms with Gasteiger partial charge in [0.2, 0.25) is 0 Å². The molecule has 0 bridgehead atoms. The Balaban J connectivity index is 2.59. The zero-order valence-electron chi connectivity index (χ0n) is 22.4. The van der Waals surface area contributed by atoms with Crippen molar-refractivity contribution in [2.24, 2.45) is 0 Å². The highest BCUT2D eigenvalue weighted by Crippen LogP contribution is 2.63. The second-order valence-electron chi connectivity index (χ2n) is 9.18. The molecule has 244 valence electrons. The van der Waals surface area contributed by atoms with Crippen LogP contribution in [-0.4, -0.2) is 56.0 Å². The van der Waals surface area contributed by atoms with Gasteiger partial charge in [-0.05, 0) is 17.2 Å². The van der Waals surface area contributed by atoms with Gasteiger partial charge in [-0.25, -0.2) is 9.59 Å². The number of carbonyl (C=O) groups is 2. The Bertz CT molecular complexity index is 1570. The number of ether oxygens (including phenoxy) is 2. The van der Waals surface area contributed by atoms with E-state index in [-0.39, 0.29) is 17.2 Å². The molecule has 0 aliphatic heterocycles. The van der Waals surface area contributed by atoms with Gasteiger partial charge in [-0.1, -0.05) is 60.7 Å². The Morgan fingerprint density at radius 3 is 1.33 bits per heavy atom. The van der Waals surface area contributed by atoms with Crippen molar-refractivity contribution >= 4 is 11.9 Å². The third-order valence-electron chi connectivity index (χ3n) is 6.52. The normalized spacial score (nSPS) is 13.4. The third-order valence-corrected chi connectivity index (χ3v) is 6.52. The number of methoxy groups -OCH3 is 2. The maximum Gasteiger partial charge on any atom is 0.460 e. The summed E-state index contributed by atoms with van der Waals surface area (Å²) in [6, 6.07) is 12.0. The van der Waals surface area contributed by atoms with Gasteiger partial charge in [-0.15, -0.1) is 0 Å². The number of alkyl halides is 13. The molecule has 0 aliphatic rings. The monoisotopic (exact) mass is 664 g/mol. The smallest absolute Gasteiger partial charge is 0.460 e. The van der Waals surface area contributed by atoms with Gasteiger partial charge in [-0.3, -0.25) is 0 Å². The molecule has 0 amide bonds. The van der Waals surface area contributed by atoms with E-state index in [9.17, 15) is 49.1 Å².